The lowest BCUT2D eigenvalue weighted by molar-refractivity contribution is -0.142. The van der Waals surface area contributed by atoms with Gasteiger partial charge in [-0.15, -0.1) is 0 Å². The minimum atomic E-state index is -0.751. The standard InChI is InChI=1S/C11H13NO2/c1-7(11(13)14)10-9-5-3-2-4-8(9)6-12-10/h2-5,7,10,12H,6H2,1H3,(H,13,14). The third kappa shape index (κ3) is 1.40. The highest BCUT2D eigenvalue weighted by atomic mass is 16.4. The zero-order valence-corrected chi connectivity index (χ0v) is 8.03. The van der Waals surface area contributed by atoms with Crippen molar-refractivity contribution in [3.63, 3.8) is 0 Å². The van der Waals surface area contributed by atoms with Crippen molar-refractivity contribution < 1.29 is 9.90 Å². The Hall–Kier alpha value is -1.35. The highest BCUT2D eigenvalue weighted by Gasteiger charge is 2.30. The van der Waals surface area contributed by atoms with Crippen molar-refractivity contribution in [1.29, 1.82) is 0 Å². The normalized spacial score (nSPS) is 21.6. The van der Waals surface area contributed by atoms with Gasteiger partial charge >= 0.3 is 5.97 Å². The number of rotatable bonds is 2. The predicted molar refractivity (Wildman–Crippen MR) is 52.8 cm³/mol. The van der Waals surface area contributed by atoms with E-state index < -0.39 is 5.97 Å². The molecule has 1 aromatic rings. The summed E-state index contributed by atoms with van der Waals surface area (Å²) in [6, 6.07) is 7.93. The highest BCUT2D eigenvalue weighted by Crippen LogP contribution is 2.30. The van der Waals surface area contributed by atoms with Gasteiger partial charge in [0, 0.05) is 12.6 Å². The summed E-state index contributed by atoms with van der Waals surface area (Å²) in [4.78, 5) is 10.9. The third-order valence-electron chi connectivity index (χ3n) is 2.79. The van der Waals surface area contributed by atoms with Crippen LogP contribution in [0, 0.1) is 5.92 Å². The fourth-order valence-electron chi connectivity index (χ4n) is 1.92. The lowest BCUT2D eigenvalue weighted by Gasteiger charge is -2.16. The smallest absolute Gasteiger partial charge is 0.308 e. The zero-order valence-electron chi connectivity index (χ0n) is 8.03. The second-order valence-electron chi connectivity index (χ2n) is 3.68. The molecule has 2 atom stereocenters. The lowest BCUT2D eigenvalue weighted by Crippen LogP contribution is -2.25. The molecule has 74 valence electrons. The maximum Gasteiger partial charge on any atom is 0.308 e. The Balaban J connectivity index is 2.30. The molecule has 1 aliphatic heterocycles. The lowest BCUT2D eigenvalue weighted by atomic mass is 9.95. The van der Waals surface area contributed by atoms with Gasteiger partial charge in [0.05, 0.1) is 5.92 Å². The van der Waals surface area contributed by atoms with E-state index in [1.165, 1.54) is 5.56 Å². The van der Waals surface area contributed by atoms with E-state index in [2.05, 4.69) is 5.32 Å². The van der Waals surface area contributed by atoms with Gasteiger partial charge < -0.3 is 10.4 Å². The van der Waals surface area contributed by atoms with E-state index in [0.29, 0.717) is 0 Å². The first-order valence-electron chi connectivity index (χ1n) is 4.74. The zero-order chi connectivity index (χ0) is 10.1. The summed E-state index contributed by atoms with van der Waals surface area (Å²) in [5.41, 5.74) is 2.34. The number of fused-ring (bicyclic) bond motifs is 1. The van der Waals surface area contributed by atoms with Gasteiger partial charge in [0.15, 0.2) is 0 Å². The second kappa shape index (κ2) is 3.42. The summed E-state index contributed by atoms with van der Waals surface area (Å²) in [6.07, 6.45) is 0. The number of nitrogens with one attached hydrogen (secondary N) is 1. The van der Waals surface area contributed by atoms with Crippen molar-refractivity contribution in [3.05, 3.63) is 35.4 Å². The number of carboxylic acid groups (broad SMARTS) is 1. The quantitative estimate of drug-likeness (QED) is 0.745. The topological polar surface area (TPSA) is 49.3 Å². The molecule has 3 heteroatoms. The van der Waals surface area contributed by atoms with Crippen molar-refractivity contribution in [1.82, 2.24) is 5.32 Å². The van der Waals surface area contributed by atoms with Gasteiger partial charge in [-0.1, -0.05) is 31.2 Å². The average Bonchev–Trinajstić information content (AvgIpc) is 2.60. The van der Waals surface area contributed by atoms with Crippen molar-refractivity contribution in [2.45, 2.75) is 19.5 Å². The summed E-state index contributed by atoms with van der Waals surface area (Å²) >= 11 is 0. The molecule has 0 amide bonds. The summed E-state index contributed by atoms with van der Waals surface area (Å²) < 4.78 is 0. The summed E-state index contributed by atoms with van der Waals surface area (Å²) in [5.74, 6) is -1.13. The Labute approximate surface area is 82.8 Å². The maximum absolute atomic E-state index is 10.9. The molecule has 2 unspecified atom stereocenters. The number of benzene rings is 1. The van der Waals surface area contributed by atoms with Crippen LogP contribution in [0.15, 0.2) is 24.3 Å². The maximum atomic E-state index is 10.9. The van der Waals surface area contributed by atoms with Crippen LogP contribution in [0.1, 0.15) is 24.1 Å². The molecule has 1 aliphatic rings. The van der Waals surface area contributed by atoms with Crippen molar-refractivity contribution >= 4 is 5.97 Å². The van der Waals surface area contributed by atoms with E-state index in [1.54, 1.807) is 6.92 Å². The summed E-state index contributed by atoms with van der Waals surface area (Å²) in [6.45, 7) is 2.51. The minimum Gasteiger partial charge on any atom is -0.481 e. The summed E-state index contributed by atoms with van der Waals surface area (Å²) in [5, 5.41) is 12.2. The Morgan fingerprint density at radius 1 is 1.57 bits per heavy atom. The Bertz CT molecular complexity index is 362. The molecule has 0 bridgehead atoms. The summed E-state index contributed by atoms with van der Waals surface area (Å²) in [7, 11) is 0. The van der Waals surface area contributed by atoms with Crippen molar-refractivity contribution in [2.75, 3.05) is 0 Å². The molecular weight excluding hydrogens is 178 g/mol. The van der Waals surface area contributed by atoms with Crippen LogP contribution in [0.3, 0.4) is 0 Å². The van der Waals surface area contributed by atoms with Crippen molar-refractivity contribution in [3.8, 4) is 0 Å². The van der Waals surface area contributed by atoms with Crippen LogP contribution >= 0.6 is 0 Å². The fourth-order valence-corrected chi connectivity index (χ4v) is 1.92. The number of aliphatic carboxylic acids is 1. The van der Waals surface area contributed by atoms with E-state index in [9.17, 15) is 4.79 Å². The molecule has 0 radical (unpaired) electrons. The molecular formula is C11H13NO2. The number of hydrogen-bond donors (Lipinski definition) is 2. The Kier molecular flexibility index (Phi) is 2.25. The fraction of sp³-hybridized carbons (Fsp3) is 0.364. The van der Waals surface area contributed by atoms with Crippen LogP contribution in [0.25, 0.3) is 0 Å². The molecule has 0 saturated carbocycles. The first kappa shape index (κ1) is 9.21. The second-order valence-corrected chi connectivity index (χ2v) is 3.68. The van der Waals surface area contributed by atoms with Crippen LogP contribution in [0.2, 0.25) is 0 Å². The molecule has 3 nitrogen and oxygen atoms in total. The highest BCUT2D eigenvalue weighted by molar-refractivity contribution is 5.71. The molecule has 0 aliphatic carbocycles. The first-order chi connectivity index (χ1) is 6.70. The van der Waals surface area contributed by atoms with E-state index in [4.69, 9.17) is 5.11 Å². The van der Waals surface area contributed by atoms with Gasteiger partial charge in [0.2, 0.25) is 0 Å². The van der Waals surface area contributed by atoms with Crippen molar-refractivity contribution in [2.24, 2.45) is 5.92 Å². The van der Waals surface area contributed by atoms with Crippen LogP contribution in [-0.2, 0) is 11.3 Å². The van der Waals surface area contributed by atoms with Crippen LogP contribution in [-0.4, -0.2) is 11.1 Å². The monoisotopic (exact) mass is 191 g/mol. The predicted octanol–water partition coefficient (Wildman–Crippen LogP) is 1.55. The third-order valence-corrected chi connectivity index (χ3v) is 2.79. The van der Waals surface area contributed by atoms with Gasteiger partial charge in [-0.25, -0.2) is 0 Å². The van der Waals surface area contributed by atoms with Gasteiger partial charge in [-0.3, -0.25) is 4.79 Å². The Morgan fingerprint density at radius 3 is 3.00 bits per heavy atom. The average molecular weight is 191 g/mol. The van der Waals surface area contributed by atoms with Crippen LogP contribution < -0.4 is 5.32 Å². The number of hydrogen-bond acceptors (Lipinski definition) is 2. The molecule has 2 N–H and O–H groups in total. The first-order valence-corrected chi connectivity index (χ1v) is 4.74. The van der Waals surface area contributed by atoms with Gasteiger partial charge in [-0.05, 0) is 11.1 Å². The van der Waals surface area contributed by atoms with Crippen LogP contribution in [0.4, 0.5) is 0 Å². The van der Waals surface area contributed by atoms with E-state index in [0.717, 1.165) is 12.1 Å². The Morgan fingerprint density at radius 2 is 2.29 bits per heavy atom. The molecule has 14 heavy (non-hydrogen) atoms. The molecule has 1 heterocycles. The molecule has 2 rings (SSSR count). The largest absolute Gasteiger partial charge is 0.481 e. The van der Waals surface area contributed by atoms with Gasteiger partial charge in [-0.2, -0.15) is 0 Å². The van der Waals surface area contributed by atoms with E-state index in [-0.39, 0.29) is 12.0 Å². The molecule has 0 aromatic heterocycles. The molecule has 0 saturated heterocycles. The molecule has 0 fully saturated rings. The van der Waals surface area contributed by atoms with E-state index in [1.807, 2.05) is 24.3 Å². The molecule has 1 aromatic carbocycles. The van der Waals surface area contributed by atoms with E-state index >= 15 is 0 Å². The number of carboxylic acids is 1. The molecule has 0 spiro atoms. The SMILES string of the molecule is CC(C(=O)O)C1NCc2ccccc21. The number of carbonyl (C=O) groups is 1. The van der Waals surface area contributed by atoms with Gasteiger partial charge in [0.25, 0.3) is 0 Å². The minimum absolute atomic E-state index is 0.0382. The van der Waals surface area contributed by atoms with Crippen LogP contribution in [0.5, 0.6) is 0 Å². The van der Waals surface area contributed by atoms with Gasteiger partial charge in [0.1, 0.15) is 0 Å².